The highest BCUT2D eigenvalue weighted by Gasteiger charge is 2.50. The zero-order chi connectivity index (χ0) is 21.1. The summed E-state index contributed by atoms with van der Waals surface area (Å²) in [7, 11) is 1.24. The maximum atomic E-state index is 12.6. The first-order chi connectivity index (χ1) is 14.5. The standard InChI is InChI=1S/C21H17N3O6/c1-28-20(25)21(12-15-11-17(22-29-15)14-7-3-2-4-8-14)13-18(23-30-21)16-9-5-6-10-19(16)24(26)27/h2-11H,12-13H2,1H3. The van der Waals surface area contributed by atoms with E-state index in [0.717, 1.165) is 5.56 Å². The summed E-state index contributed by atoms with van der Waals surface area (Å²) in [5.74, 6) is -0.254. The highest BCUT2D eigenvalue weighted by Crippen LogP contribution is 2.34. The van der Waals surface area contributed by atoms with E-state index in [1.54, 1.807) is 24.3 Å². The smallest absolute Gasteiger partial charge is 0.354 e. The predicted octanol–water partition coefficient (Wildman–Crippen LogP) is 3.53. The fourth-order valence-corrected chi connectivity index (χ4v) is 3.38. The van der Waals surface area contributed by atoms with E-state index in [1.165, 1.54) is 13.2 Å². The Hall–Kier alpha value is -4.01. The van der Waals surface area contributed by atoms with Crippen LogP contribution in [0.5, 0.6) is 0 Å². The van der Waals surface area contributed by atoms with Gasteiger partial charge in [-0.3, -0.25) is 10.1 Å². The predicted molar refractivity (Wildman–Crippen MR) is 106 cm³/mol. The van der Waals surface area contributed by atoms with Crippen molar-refractivity contribution >= 4 is 17.4 Å². The zero-order valence-electron chi connectivity index (χ0n) is 16.0. The molecule has 0 saturated carbocycles. The minimum absolute atomic E-state index is 0.00708. The average molecular weight is 407 g/mol. The number of rotatable bonds is 6. The first kappa shape index (κ1) is 19.3. The second-order valence-electron chi connectivity index (χ2n) is 6.79. The van der Waals surface area contributed by atoms with Crippen molar-refractivity contribution in [1.29, 1.82) is 0 Å². The van der Waals surface area contributed by atoms with E-state index in [0.29, 0.717) is 11.5 Å². The zero-order valence-corrected chi connectivity index (χ0v) is 16.0. The molecule has 0 amide bonds. The van der Waals surface area contributed by atoms with Crippen LogP contribution in [0.3, 0.4) is 0 Å². The summed E-state index contributed by atoms with van der Waals surface area (Å²) >= 11 is 0. The number of ether oxygens (including phenoxy) is 1. The fourth-order valence-electron chi connectivity index (χ4n) is 3.38. The summed E-state index contributed by atoms with van der Waals surface area (Å²) in [5.41, 5.74) is 0.437. The Morgan fingerprint density at radius 1 is 1.20 bits per heavy atom. The van der Waals surface area contributed by atoms with Crippen molar-refractivity contribution in [3.05, 3.63) is 82.1 Å². The van der Waals surface area contributed by atoms with Gasteiger partial charge in [0.15, 0.2) is 0 Å². The summed E-state index contributed by atoms with van der Waals surface area (Å²) < 4.78 is 10.3. The molecule has 2 heterocycles. The van der Waals surface area contributed by atoms with E-state index in [4.69, 9.17) is 14.1 Å². The van der Waals surface area contributed by atoms with Crippen LogP contribution in [0, 0.1) is 10.1 Å². The van der Waals surface area contributed by atoms with Gasteiger partial charge in [0.25, 0.3) is 5.69 Å². The van der Waals surface area contributed by atoms with Gasteiger partial charge in [0, 0.05) is 24.1 Å². The number of hydrogen-bond donors (Lipinski definition) is 0. The molecule has 1 aliphatic rings. The van der Waals surface area contributed by atoms with Gasteiger partial charge < -0.3 is 14.1 Å². The normalized spacial score (nSPS) is 17.8. The number of oxime groups is 1. The number of carbonyl (C=O) groups is 1. The van der Waals surface area contributed by atoms with E-state index < -0.39 is 16.5 Å². The second-order valence-corrected chi connectivity index (χ2v) is 6.79. The van der Waals surface area contributed by atoms with E-state index in [-0.39, 0.29) is 29.8 Å². The summed E-state index contributed by atoms with van der Waals surface area (Å²) in [6.07, 6.45) is -0.000957. The monoisotopic (exact) mass is 407 g/mol. The number of aromatic nitrogens is 1. The van der Waals surface area contributed by atoms with Crippen LogP contribution in [0.1, 0.15) is 17.7 Å². The van der Waals surface area contributed by atoms with Gasteiger partial charge in [0.1, 0.15) is 11.5 Å². The molecular weight excluding hydrogens is 390 g/mol. The van der Waals surface area contributed by atoms with E-state index in [9.17, 15) is 14.9 Å². The number of carbonyl (C=O) groups excluding carboxylic acids is 1. The van der Waals surface area contributed by atoms with Gasteiger partial charge >= 0.3 is 5.97 Å². The molecule has 3 aromatic rings. The van der Waals surface area contributed by atoms with Gasteiger partial charge in [-0.25, -0.2) is 4.79 Å². The Balaban J connectivity index is 1.62. The molecule has 1 unspecified atom stereocenters. The molecule has 1 aromatic heterocycles. The van der Waals surface area contributed by atoms with Crippen molar-refractivity contribution < 1.29 is 23.8 Å². The molecule has 1 aliphatic heterocycles. The van der Waals surface area contributed by atoms with E-state index in [1.807, 2.05) is 30.3 Å². The van der Waals surface area contributed by atoms with Gasteiger partial charge in [-0.05, 0) is 6.07 Å². The lowest BCUT2D eigenvalue weighted by atomic mass is 9.89. The van der Waals surface area contributed by atoms with Crippen molar-refractivity contribution in [2.24, 2.45) is 5.16 Å². The Labute approximate surface area is 171 Å². The molecule has 0 radical (unpaired) electrons. The molecule has 2 aromatic carbocycles. The Morgan fingerprint density at radius 3 is 2.67 bits per heavy atom. The minimum Gasteiger partial charge on any atom is -0.466 e. The molecule has 0 aliphatic carbocycles. The first-order valence-corrected chi connectivity index (χ1v) is 9.11. The molecule has 30 heavy (non-hydrogen) atoms. The summed E-state index contributed by atoms with van der Waals surface area (Å²) in [6.45, 7) is 0. The van der Waals surface area contributed by atoms with Crippen LogP contribution in [0.4, 0.5) is 5.69 Å². The van der Waals surface area contributed by atoms with Crippen molar-refractivity contribution in [1.82, 2.24) is 5.16 Å². The van der Waals surface area contributed by atoms with Crippen LogP contribution in [0.2, 0.25) is 0 Å². The summed E-state index contributed by atoms with van der Waals surface area (Å²) in [5, 5.41) is 19.4. The van der Waals surface area contributed by atoms with Crippen molar-refractivity contribution in [2.75, 3.05) is 7.11 Å². The third-order valence-corrected chi connectivity index (χ3v) is 4.84. The van der Waals surface area contributed by atoms with Gasteiger partial charge in [-0.15, -0.1) is 0 Å². The Bertz CT molecular complexity index is 1120. The lowest BCUT2D eigenvalue weighted by molar-refractivity contribution is -0.385. The maximum absolute atomic E-state index is 12.6. The average Bonchev–Trinajstić information content (AvgIpc) is 3.42. The number of nitrogens with zero attached hydrogens (tertiary/aromatic N) is 3. The molecule has 0 bridgehead atoms. The molecule has 0 saturated heterocycles. The number of nitro benzene ring substituents is 1. The van der Waals surface area contributed by atoms with Crippen LogP contribution >= 0.6 is 0 Å². The van der Waals surface area contributed by atoms with Gasteiger partial charge in [0.2, 0.25) is 5.60 Å². The van der Waals surface area contributed by atoms with Gasteiger partial charge in [-0.2, -0.15) is 0 Å². The maximum Gasteiger partial charge on any atom is 0.354 e. The fraction of sp³-hybridized carbons (Fsp3) is 0.190. The molecule has 9 heteroatoms. The van der Waals surface area contributed by atoms with Crippen molar-refractivity contribution in [2.45, 2.75) is 18.4 Å². The lowest BCUT2D eigenvalue weighted by Gasteiger charge is -2.22. The number of nitro groups is 1. The number of benzene rings is 2. The molecule has 0 N–H and O–H groups in total. The third kappa shape index (κ3) is 3.52. The molecule has 9 nitrogen and oxygen atoms in total. The highest BCUT2D eigenvalue weighted by molar-refractivity contribution is 6.07. The molecule has 152 valence electrons. The summed E-state index contributed by atoms with van der Waals surface area (Å²) in [4.78, 5) is 29.0. The Kier molecular flexibility index (Phi) is 5.01. The number of esters is 1. The van der Waals surface area contributed by atoms with Gasteiger partial charge in [0.05, 0.1) is 29.7 Å². The summed E-state index contributed by atoms with van der Waals surface area (Å²) in [6, 6.07) is 17.3. The van der Waals surface area contributed by atoms with Crippen molar-refractivity contribution in [3.63, 3.8) is 0 Å². The van der Waals surface area contributed by atoms with Crippen LogP contribution in [0.15, 0.2) is 70.3 Å². The van der Waals surface area contributed by atoms with E-state index in [2.05, 4.69) is 10.3 Å². The topological polar surface area (TPSA) is 117 Å². The third-order valence-electron chi connectivity index (χ3n) is 4.84. The number of methoxy groups -OCH3 is 1. The molecular formula is C21H17N3O6. The number of hydrogen-bond acceptors (Lipinski definition) is 8. The van der Waals surface area contributed by atoms with Crippen molar-refractivity contribution in [3.8, 4) is 11.3 Å². The molecule has 4 rings (SSSR count). The minimum atomic E-state index is -1.50. The van der Waals surface area contributed by atoms with Crippen LogP contribution in [0.25, 0.3) is 11.3 Å². The largest absolute Gasteiger partial charge is 0.466 e. The lowest BCUT2D eigenvalue weighted by Crippen LogP contribution is -2.42. The number of para-hydroxylation sites is 1. The van der Waals surface area contributed by atoms with Crippen LogP contribution in [-0.4, -0.2) is 34.5 Å². The quantitative estimate of drug-likeness (QED) is 0.348. The second kappa shape index (κ2) is 7.78. The van der Waals surface area contributed by atoms with Crippen LogP contribution < -0.4 is 0 Å². The Morgan fingerprint density at radius 2 is 1.93 bits per heavy atom. The highest BCUT2D eigenvalue weighted by atomic mass is 16.7. The molecule has 1 atom stereocenters. The van der Waals surface area contributed by atoms with E-state index >= 15 is 0 Å². The van der Waals surface area contributed by atoms with Gasteiger partial charge in [-0.1, -0.05) is 52.8 Å². The molecule has 0 fully saturated rings. The first-order valence-electron chi connectivity index (χ1n) is 9.11. The van der Waals surface area contributed by atoms with Crippen LogP contribution in [-0.2, 0) is 20.8 Å². The SMILES string of the molecule is COC(=O)C1(Cc2cc(-c3ccccc3)no2)CC(c2ccccc2[N+](=O)[O-])=NO1. The molecule has 0 spiro atoms.